The van der Waals surface area contributed by atoms with Gasteiger partial charge in [0.1, 0.15) is 6.04 Å². The molecule has 9 N–H and O–H groups in total. The zero-order chi connectivity index (χ0) is 16.6. The minimum absolute atomic E-state index is 0.0129. The molecule has 0 unspecified atom stereocenters. The highest BCUT2D eigenvalue weighted by atomic mass is 16.6. The molecule has 1 aliphatic heterocycles. The van der Waals surface area contributed by atoms with Gasteiger partial charge in [-0.15, -0.1) is 0 Å². The molecule has 0 spiro atoms. The molecule has 1 aliphatic rings. The molecule has 0 amide bonds. The van der Waals surface area contributed by atoms with Crippen LogP contribution in [0.15, 0.2) is 4.99 Å². The van der Waals surface area contributed by atoms with Crippen molar-refractivity contribution in [1.29, 1.82) is 0 Å². The van der Waals surface area contributed by atoms with Gasteiger partial charge in [-0.05, 0) is 12.8 Å². The van der Waals surface area contributed by atoms with E-state index in [1.54, 1.807) is 0 Å². The molecule has 0 bridgehead atoms. The number of aliphatic carboxylic acids is 3. The lowest BCUT2D eigenvalue weighted by atomic mass is 10.2. The average molecular weight is 306 g/mol. The van der Waals surface area contributed by atoms with Crippen molar-refractivity contribution in [2.75, 3.05) is 6.54 Å². The first-order valence-electron chi connectivity index (χ1n) is 5.81. The Hall–Kier alpha value is -2.40. The highest BCUT2D eigenvalue weighted by Gasteiger charge is 2.50. The number of rotatable bonds is 7. The molecule has 3 atom stereocenters. The molecular weight excluding hydrogens is 288 g/mol. The van der Waals surface area contributed by atoms with Crippen LogP contribution in [0.25, 0.3) is 0 Å². The lowest BCUT2D eigenvalue weighted by Gasteiger charge is -2.03. The second-order valence-corrected chi connectivity index (χ2v) is 4.05. The molecule has 0 saturated carbocycles. The number of ether oxygens (including phenoxy) is 1. The number of carboxylic acids is 3. The summed E-state index contributed by atoms with van der Waals surface area (Å²) in [5.74, 6) is -3.43. The largest absolute Gasteiger partial charge is 0.480 e. The molecule has 0 radical (unpaired) electrons. The van der Waals surface area contributed by atoms with E-state index < -0.39 is 36.2 Å². The summed E-state index contributed by atoms with van der Waals surface area (Å²) < 4.78 is 4.24. The van der Waals surface area contributed by atoms with Crippen LogP contribution < -0.4 is 17.2 Å². The minimum atomic E-state index is -1.22. The van der Waals surface area contributed by atoms with Gasteiger partial charge in [0.05, 0.1) is 0 Å². The number of hydrogen-bond acceptors (Lipinski definition) is 6. The molecular formula is C10H18N4O7. The first-order chi connectivity index (χ1) is 9.66. The molecule has 0 aromatic heterocycles. The van der Waals surface area contributed by atoms with Crippen molar-refractivity contribution in [2.45, 2.75) is 31.1 Å². The number of epoxide rings is 1. The van der Waals surface area contributed by atoms with Crippen LogP contribution >= 0.6 is 0 Å². The zero-order valence-corrected chi connectivity index (χ0v) is 11.0. The summed E-state index contributed by atoms with van der Waals surface area (Å²) in [6.45, 7) is 0.420. The lowest BCUT2D eigenvalue weighted by molar-refractivity contribution is -0.140. The summed E-state index contributed by atoms with van der Waals surface area (Å²) in [6.07, 6.45) is -1.29. The van der Waals surface area contributed by atoms with Gasteiger partial charge in [-0.25, -0.2) is 9.59 Å². The summed E-state index contributed by atoms with van der Waals surface area (Å²) >= 11 is 0. The van der Waals surface area contributed by atoms with E-state index >= 15 is 0 Å². The van der Waals surface area contributed by atoms with E-state index in [1.807, 2.05) is 0 Å². The number of nitrogens with two attached hydrogens (primary N) is 3. The lowest BCUT2D eigenvalue weighted by Crippen LogP contribution is -2.30. The molecule has 21 heavy (non-hydrogen) atoms. The van der Waals surface area contributed by atoms with E-state index in [4.69, 9.17) is 32.5 Å². The van der Waals surface area contributed by atoms with Crippen molar-refractivity contribution in [3.63, 3.8) is 0 Å². The molecule has 1 rings (SSSR count). The van der Waals surface area contributed by atoms with Crippen LogP contribution in [0, 0.1) is 0 Å². The summed E-state index contributed by atoms with van der Waals surface area (Å²) in [7, 11) is 0. The fourth-order valence-electron chi connectivity index (χ4n) is 1.13. The molecule has 0 aliphatic carbocycles. The van der Waals surface area contributed by atoms with Crippen LogP contribution in [0.1, 0.15) is 12.8 Å². The molecule has 0 aromatic rings. The number of carboxylic acid groups (broad SMARTS) is 3. The number of aliphatic imine (C=N–C) groups is 1. The second-order valence-electron chi connectivity index (χ2n) is 4.05. The maximum absolute atomic E-state index is 10.2. The third-order valence-electron chi connectivity index (χ3n) is 2.26. The Balaban J connectivity index is 0.000000394. The topological polar surface area (TPSA) is 215 Å². The Kier molecular flexibility index (Phi) is 7.71. The standard InChI is InChI=1S/C6H14N4O2.C4H4O5/c7-4(5(11)12)2-1-3-10-6(8)9;5-3(6)1-2(9-1)4(7)8/h4H,1-3,7H2,(H,11,12)(H4,8,9,10);1-2H,(H,5,6)(H,7,8)/t4-;1-,2-/m00/s1. The third kappa shape index (κ3) is 8.39. The molecule has 1 heterocycles. The SMILES string of the molecule is NC(N)=NCCC[C@H](N)C(=O)O.O=C(O)[C@H]1O[C@@H]1C(=O)O. The summed E-state index contributed by atoms with van der Waals surface area (Å²) in [5, 5.41) is 24.5. The van der Waals surface area contributed by atoms with Crippen molar-refractivity contribution < 1.29 is 34.4 Å². The van der Waals surface area contributed by atoms with Crippen LogP contribution in [-0.2, 0) is 19.1 Å². The van der Waals surface area contributed by atoms with Gasteiger partial charge in [-0.2, -0.15) is 0 Å². The number of hydrogen-bond donors (Lipinski definition) is 6. The monoisotopic (exact) mass is 306 g/mol. The van der Waals surface area contributed by atoms with Crippen molar-refractivity contribution in [2.24, 2.45) is 22.2 Å². The predicted molar refractivity (Wildman–Crippen MR) is 69.5 cm³/mol. The first-order valence-corrected chi connectivity index (χ1v) is 5.81. The van der Waals surface area contributed by atoms with E-state index in [2.05, 4.69) is 9.73 Å². The Morgan fingerprint density at radius 3 is 1.86 bits per heavy atom. The maximum atomic E-state index is 10.2. The van der Waals surface area contributed by atoms with Crippen LogP contribution in [0.3, 0.4) is 0 Å². The van der Waals surface area contributed by atoms with Gasteiger partial charge in [0.2, 0.25) is 0 Å². The molecule has 11 nitrogen and oxygen atoms in total. The van der Waals surface area contributed by atoms with Gasteiger partial charge in [-0.1, -0.05) is 0 Å². The quantitative estimate of drug-likeness (QED) is 0.124. The van der Waals surface area contributed by atoms with Crippen molar-refractivity contribution >= 4 is 23.9 Å². The van der Waals surface area contributed by atoms with Gasteiger partial charge in [-0.3, -0.25) is 9.79 Å². The van der Waals surface area contributed by atoms with Crippen LogP contribution in [0.2, 0.25) is 0 Å². The fourth-order valence-corrected chi connectivity index (χ4v) is 1.13. The maximum Gasteiger partial charge on any atom is 0.336 e. The molecule has 120 valence electrons. The summed E-state index contributed by atoms with van der Waals surface area (Å²) in [5.41, 5.74) is 15.3. The smallest absolute Gasteiger partial charge is 0.336 e. The molecule has 0 aromatic carbocycles. The summed E-state index contributed by atoms with van der Waals surface area (Å²) in [4.78, 5) is 33.7. The Morgan fingerprint density at radius 1 is 1.10 bits per heavy atom. The van der Waals surface area contributed by atoms with Crippen LogP contribution in [0.4, 0.5) is 0 Å². The van der Waals surface area contributed by atoms with Crippen LogP contribution in [-0.4, -0.2) is 64.0 Å². The van der Waals surface area contributed by atoms with Gasteiger partial charge in [0, 0.05) is 6.54 Å². The second kappa shape index (κ2) is 8.71. The predicted octanol–water partition coefficient (Wildman–Crippen LogP) is -2.63. The average Bonchev–Trinajstić information content (AvgIpc) is 3.15. The van der Waals surface area contributed by atoms with E-state index in [-0.39, 0.29) is 5.96 Å². The highest BCUT2D eigenvalue weighted by molar-refractivity contribution is 5.87. The van der Waals surface area contributed by atoms with Crippen molar-refractivity contribution in [3.8, 4) is 0 Å². The number of nitrogens with zero attached hydrogens (tertiary/aromatic N) is 1. The van der Waals surface area contributed by atoms with Gasteiger partial charge in [0.25, 0.3) is 0 Å². The minimum Gasteiger partial charge on any atom is -0.480 e. The molecule has 1 fully saturated rings. The zero-order valence-electron chi connectivity index (χ0n) is 11.0. The van der Waals surface area contributed by atoms with Crippen molar-refractivity contribution in [1.82, 2.24) is 0 Å². The normalized spacial score (nSPS) is 20.4. The van der Waals surface area contributed by atoms with E-state index in [1.165, 1.54) is 0 Å². The van der Waals surface area contributed by atoms with Gasteiger partial charge >= 0.3 is 17.9 Å². The Labute approximate surface area is 119 Å². The van der Waals surface area contributed by atoms with E-state index in [0.717, 1.165) is 0 Å². The van der Waals surface area contributed by atoms with Gasteiger partial charge in [0.15, 0.2) is 18.2 Å². The first kappa shape index (κ1) is 18.6. The molecule has 1 saturated heterocycles. The summed E-state index contributed by atoms with van der Waals surface area (Å²) in [6, 6.07) is -0.820. The van der Waals surface area contributed by atoms with E-state index in [0.29, 0.717) is 19.4 Å². The third-order valence-corrected chi connectivity index (χ3v) is 2.26. The Morgan fingerprint density at radius 2 is 1.57 bits per heavy atom. The number of guanidine groups is 1. The number of carbonyl (C=O) groups is 3. The fraction of sp³-hybridized carbons (Fsp3) is 0.600. The molecule has 11 heteroatoms. The Bertz CT molecular complexity index is 404. The van der Waals surface area contributed by atoms with E-state index in [9.17, 15) is 14.4 Å². The van der Waals surface area contributed by atoms with Gasteiger partial charge < -0.3 is 37.3 Å². The highest BCUT2D eigenvalue weighted by Crippen LogP contribution is 2.21. The van der Waals surface area contributed by atoms with Crippen molar-refractivity contribution in [3.05, 3.63) is 0 Å². The van der Waals surface area contributed by atoms with Crippen LogP contribution in [0.5, 0.6) is 0 Å².